The molecule has 0 saturated carbocycles. The molecule has 1 aromatic heterocycles. The number of fused-ring (bicyclic) bond motifs is 1. The Morgan fingerprint density at radius 1 is 1.09 bits per heavy atom. The normalized spacial score (nSPS) is 14.9. The summed E-state index contributed by atoms with van der Waals surface area (Å²) >= 11 is 0. The SMILES string of the molecule is COc1ccc([C@H]2Nc3ccccc3C(=O)N2c2ccccc2)cc1Cn1cc([N+](=O)[O-])cn1. The van der Waals surface area contributed by atoms with Crippen LogP contribution in [0.4, 0.5) is 17.1 Å². The third-order valence-electron chi connectivity index (χ3n) is 5.74. The average molecular weight is 455 g/mol. The summed E-state index contributed by atoms with van der Waals surface area (Å²) < 4.78 is 7.02. The Bertz CT molecular complexity index is 1370. The third-order valence-corrected chi connectivity index (χ3v) is 5.74. The molecule has 0 unspecified atom stereocenters. The number of nitro groups is 1. The number of amides is 1. The number of aromatic nitrogens is 2. The van der Waals surface area contributed by atoms with Gasteiger partial charge in [-0.25, -0.2) is 0 Å². The Labute approximate surface area is 195 Å². The van der Waals surface area contributed by atoms with E-state index in [1.54, 1.807) is 18.1 Å². The Balaban J connectivity index is 1.57. The topological polar surface area (TPSA) is 103 Å². The molecule has 0 fully saturated rings. The maximum absolute atomic E-state index is 13.5. The van der Waals surface area contributed by atoms with Gasteiger partial charge in [0.2, 0.25) is 0 Å². The molecule has 9 nitrogen and oxygen atoms in total. The highest BCUT2D eigenvalue weighted by Crippen LogP contribution is 2.37. The van der Waals surface area contributed by atoms with E-state index in [0.717, 1.165) is 22.5 Å². The van der Waals surface area contributed by atoms with Crippen molar-refractivity contribution in [1.82, 2.24) is 9.78 Å². The number of anilines is 2. The van der Waals surface area contributed by atoms with Crippen LogP contribution in [0, 0.1) is 10.1 Å². The van der Waals surface area contributed by atoms with Gasteiger partial charge >= 0.3 is 5.69 Å². The van der Waals surface area contributed by atoms with Crippen LogP contribution in [0.25, 0.3) is 0 Å². The van der Waals surface area contributed by atoms with E-state index >= 15 is 0 Å². The number of hydrogen-bond donors (Lipinski definition) is 1. The minimum absolute atomic E-state index is 0.0819. The lowest BCUT2D eigenvalue weighted by atomic mass is 10.0. The predicted octanol–water partition coefficient (Wildman–Crippen LogP) is 4.62. The summed E-state index contributed by atoms with van der Waals surface area (Å²) in [5, 5.41) is 18.6. The molecule has 2 heterocycles. The van der Waals surface area contributed by atoms with E-state index in [0.29, 0.717) is 11.3 Å². The van der Waals surface area contributed by atoms with Crippen LogP contribution in [-0.4, -0.2) is 27.7 Å². The highest BCUT2D eigenvalue weighted by atomic mass is 16.6. The molecule has 170 valence electrons. The van der Waals surface area contributed by atoms with Crippen LogP contribution in [0.3, 0.4) is 0 Å². The van der Waals surface area contributed by atoms with Gasteiger partial charge in [-0.3, -0.25) is 24.5 Å². The maximum atomic E-state index is 13.5. The van der Waals surface area contributed by atoms with Gasteiger partial charge in [0.1, 0.15) is 24.3 Å². The van der Waals surface area contributed by atoms with E-state index in [1.165, 1.54) is 17.1 Å². The summed E-state index contributed by atoms with van der Waals surface area (Å²) in [7, 11) is 1.57. The van der Waals surface area contributed by atoms with Crippen molar-refractivity contribution in [3.05, 3.63) is 112 Å². The summed E-state index contributed by atoms with van der Waals surface area (Å²) in [6.45, 7) is 0.271. The summed E-state index contributed by atoms with van der Waals surface area (Å²) in [5.74, 6) is 0.515. The smallest absolute Gasteiger partial charge is 0.307 e. The van der Waals surface area contributed by atoms with Crippen molar-refractivity contribution in [2.24, 2.45) is 0 Å². The number of para-hydroxylation sites is 2. The lowest BCUT2D eigenvalue weighted by molar-refractivity contribution is -0.385. The Hall–Kier alpha value is -4.66. The molecule has 1 amide bonds. The van der Waals surface area contributed by atoms with Crippen LogP contribution in [0.15, 0.2) is 85.2 Å². The maximum Gasteiger partial charge on any atom is 0.307 e. The zero-order chi connectivity index (χ0) is 23.7. The molecule has 0 radical (unpaired) electrons. The average Bonchev–Trinajstić information content (AvgIpc) is 3.33. The van der Waals surface area contributed by atoms with Gasteiger partial charge < -0.3 is 10.1 Å². The molecule has 1 aliphatic heterocycles. The van der Waals surface area contributed by atoms with E-state index in [1.807, 2.05) is 66.7 Å². The predicted molar refractivity (Wildman–Crippen MR) is 127 cm³/mol. The van der Waals surface area contributed by atoms with Gasteiger partial charge in [-0.15, -0.1) is 0 Å². The second kappa shape index (κ2) is 8.70. The zero-order valence-corrected chi connectivity index (χ0v) is 18.3. The van der Waals surface area contributed by atoms with Crippen molar-refractivity contribution < 1.29 is 14.5 Å². The summed E-state index contributed by atoms with van der Waals surface area (Å²) in [5.41, 5.74) is 3.65. The number of methoxy groups -OCH3 is 1. The van der Waals surface area contributed by atoms with E-state index < -0.39 is 11.1 Å². The minimum Gasteiger partial charge on any atom is -0.496 e. The van der Waals surface area contributed by atoms with Crippen LogP contribution in [0.5, 0.6) is 5.75 Å². The molecule has 1 aliphatic rings. The lowest BCUT2D eigenvalue weighted by Crippen LogP contribution is -2.43. The van der Waals surface area contributed by atoms with Crippen molar-refractivity contribution in [1.29, 1.82) is 0 Å². The van der Waals surface area contributed by atoms with E-state index in [-0.39, 0.29) is 18.1 Å². The first-order chi connectivity index (χ1) is 16.5. The largest absolute Gasteiger partial charge is 0.496 e. The number of hydrogen-bond acceptors (Lipinski definition) is 6. The molecule has 1 N–H and O–H groups in total. The molecule has 1 atom stereocenters. The molecule has 0 bridgehead atoms. The Kier molecular flexibility index (Phi) is 5.43. The molecule has 9 heteroatoms. The number of nitrogens with zero attached hydrogens (tertiary/aromatic N) is 4. The molecule has 5 rings (SSSR count). The second-order valence-corrected chi connectivity index (χ2v) is 7.83. The third kappa shape index (κ3) is 3.83. The first-order valence-electron chi connectivity index (χ1n) is 10.6. The van der Waals surface area contributed by atoms with E-state index in [2.05, 4.69) is 10.4 Å². The molecule has 3 aromatic carbocycles. The summed E-state index contributed by atoms with van der Waals surface area (Å²) in [4.78, 5) is 25.8. The van der Waals surface area contributed by atoms with Gasteiger partial charge in [0.05, 0.1) is 24.1 Å². The van der Waals surface area contributed by atoms with Crippen LogP contribution < -0.4 is 15.0 Å². The standard InChI is InChI=1S/C25H21N5O4/c1-34-23-12-11-17(13-18(23)15-28-16-20(14-26-28)30(32)33)24-27-22-10-6-5-9-21(22)25(31)29(24)19-7-3-2-4-8-19/h2-14,16,24,27H,15H2,1H3/t24-/m0/s1. The molecule has 4 aromatic rings. The van der Waals surface area contributed by atoms with Gasteiger partial charge in [-0.1, -0.05) is 36.4 Å². The number of nitrogens with one attached hydrogen (secondary N) is 1. The minimum atomic E-state index is -0.482. The Morgan fingerprint density at radius 2 is 1.85 bits per heavy atom. The van der Waals surface area contributed by atoms with Crippen LogP contribution >= 0.6 is 0 Å². The first-order valence-corrected chi connectivity index (χ1v) is 10.6. The van der Waals surface area contributed by atoms with Gasteiger partial charge in [0.15, 0.2) is 0 Å². The lowest BCUT2D eigenvalue weighted by Gasteiger charge is -2.38. The molecule has 0 spiro atoms. The van der Waals surface area contributed by atoms with Gasteiger partial charge in [0, 0.05) is 16.9 Å². The number of carbonyl (C=O) groups is 1. The van der Waals surface area contributed by atoms with Crippen LogP contribution in [0.1, 0.15) is 27.7 Å². The molecular formula is C25H21N5O4. The summed E-state index contributed by atoms with van der Waals surface area (Å²) in [6.07, 6.45) is 2.12. The van der Waals surface area contributed by atoms with Gasteiger partial charge in [-0.2, -0.15) is 5.10 Å². The van der Waals surface area contributed by atoms with Crippen molar-refractivity contribution in [2.75, 3.05) is 17.3 Å². The molecule has 0 aliphatic carbocycles. The quantitative estimate of drug-likeness (QED) is 0.336. The molecule has 0 saturated heterocycles. The van der Waals surface area contributed by atoms with Crippen LogP contribution in [0.2, 0.25) is 0 Å². The van der Waals surface area contributed by atoms with Gasteiger partial charge in [0.25, 0.3) is 5.91 Å². The van der Waals surface area contributed by atoms with Crippen LogP contribution in [-0.2, 0) is 6.54 Å². The molecule has 34 heavy (non-hydrogen) atoms. The fraction of sp³-hybridized carbons (Fsp3) is 0.120. The number of ether oxygens (including phenoxy) is 1. The monoisotopic (exact) mass is 455 g/mol. The molecular weight excluding hydrogens is 434 g/mol. The van der Waals surface area contributed by atoms with Gasteiger partial charge in [-0.05, 0) is 42.0 Å². The van der Waals surface area contributed by atoms with Crippen molar-refractivity contribution in [3.8, 4) is 5.75 Å². The Morgan fingerprint density at radius 3 is 2.59 bits per heavy atom. The number of rotatable bonds is 6. The zero-order valence-electron chi connectivity index (χ0n) is 18.3. The van der Waals surface area contributed by atoms with E-state index in [4.69, 9.17) is 4.74 Å². The highest BCUT2D eigenvalue weighted by molar-refractivity contribution is 6.12. The fourth-order valence-corrected chi connectivity index (χ4v) is 4.14. The van der Waals surface area contributed by atoms with Crippen molar-refractivity contribution in [2.45, 2.75) is 12.7 Å². The van der Waals surface area contributed by atoms with Crippen molar-refractivity contribution in [3.63, 3.8) is 0 Å². The second-order valence-electron chi connectivity index (χ2n) is 7.83. The first kappa shape index (κ1) is 21.2. The highest BCUT2D eigenvalue weighted by Gasteiger charge is 2.34. The fourth-order valence-electron chi connectivity index (χ4n) is 4.14. The van der Waals surface area contributed by atoms with Crippen molar-refractivity contribution >= 4 is 23.0 Å². The summed E-state index contributed by atoms with van der Waals surface area (Å²) in [6, 6.07) is 22.6. The number of benzene rings is 3. The number of carbonyl (C=O) groups excluding carboxylic acids is 1. The van der Waals surface area contributed by atoms with E-state index in [9.17, 15) is 14.9 Å².